The molecule has 0 aromatic carbocycles. The van der Waals surface area contributed by atoms with Crippen molar-refractivity contribution in [3.63, 3.8) is 0 Å². The lowest BCUT2D eigenvalue weighted by Gasteiger charge is -2.39. The molecule has 0 unspecified atom stereocenters. The minimum Gasteiger partial charge on any atom is -0.550 e. The van der Waals surface area contributed by atoms with Crippen molar-refractivity contribution in [2.75, 3.05) is 52.4 Å². The van der Waals surface area contributed by atoms with Crippen LogP contribution in [0.1, 0.15) is 212 Å². The minimum absolute atomic E-state index is 0.241. The van der Waals surface area contributed by atoms with Gasteiger partial charge in [0, 0.05) is 11.9 Å². The summed E-state index contributed by atoms with van der Waals surface area (Å²) in [6.07, 6.45) is 24.8. The predicted octanol–water partition coefficient (Wildman–Crippen LogP) is 10.4. The highest BCUT2D eigenvalue weighted by Gasteiger charge is 2.25. The molecule has 0 amide bonds. The van der Waals surface area contributed by atoms with Crippen molar-refractivity contribution in [3.8, 4) is 0 Å². The third-order valence-electron chi connectivity index (χ3n) is 10.5. The first kappa shape index (κ1) is 55.6. The first-order valence-corrected chi connectivity index (χ1v) is 22.0. The number of carbonyl (C=O) groups is 2. The summed E-state index contributed by atoms with van der Waals surface area (Å²) in [5, 5.41) is 20.1. The standard InChI is InChI=1S/2C16H36N.2C6H12O2/c2*1-5-9-13-17(14-10-6-2,15-11-7-3)16-12-8-4;2*1-3-5(4-2)6(7)8/h2*5-16H2,1-4H3;2*5H,3-4H2,1-2H3,(H,7,8)/q2*+1;;/p-2. The average Bonchev–Trinajstić information content (AvgIpc) is 3.12. The van der Waals surface area contributed by atoms with Crippen molar-refractivity contribution >= 4 is 11.9 Å². The number of carboxylic acid groups (broad SMARTS) is 2. The summed E-state index contributed by atoms with van der Waals surface area (Å²) in [6, 6.07) is 0. The Hall–Kier alpha value is -1.14. The number of quaternary nitrogens is 2. The van der Waals surface area contributed by atoms with Crippen molar-refractivity contribution in [2.24, 2.45) is 11.8 Å². The lowest BCUT2D eigenvalue weighted by atomic mass is 10.1. The molecule has 0 bridgehead atoms. The Balaban J connectivity index is -0.000000300. The number of hydrogen-bond acceptors (Lipinski definition) is 4. The Bertz CT molecular complexity index is 558. The van der Waals surface area contributed by atoms with Gasteiger partial charge in [0.25, 0.3) is 0 Å². The highest BCUT2D eigenvalue weighted by molar-refractivity contribution is 5.67. The van der Waals surface area contributed by atoms with E-state index in [-0.39, 0.29) is 11.8 Å². The minimum atomic E-state index is -0.921. The van der Waals surface area contributed by atoms with Crippen molar-refractivity contribution < 1.29 is 28.8 Å². The Labute approximate surface area is 315 Å². The monoisotopic (exact) mass is 715 g/mol. The number of unbranched alkanes of at least 4 members (excludes halogenated alkanes) is 8. The van der Waals surface area contributed by atoms with Crippen LogP contribution in [0.4, 0.5) is 0 Å². The number of hydrogen-bond donors (Lipinski definition) is 0. The first-order valence-electron chi connectivity index (χ1n) is 22.0. The lowest BCUT2D eigenvalue weighted by Crippen LogP contribution is -2.50. The molecule has 0 N–H and O–H groups in total. The van der Waals surface area contributed by atoms with E-state index < -0.39 is 11.9 Å². The normalized spacial score (nSPS) is 11.3. The summed E-state index contributed by atoms with van der Waals surface area (Å²) < 4.78 is 2.84. The summed E-state index contributed by atoms with van der Waals surface area (Å²) in [5.74, 6) is -2.32. The fourth-order valence-corrected chi connectivity index (χ4v) is 6.53. The van der Waals surface area contributed by atoms with Gasteiger partial charge in [-0.2, -0.15) is 0 Å². The summed E-state index contributed by atoms with van der Waals surface area (Å²) in [6.45, 7) is 37.4. The van der Waals surface area contributed by atoms with E-state index in [9.17, 15) is 19.8 Å². The summed E-state index contributed by atoms with van der Waals surface area (Å²) in [7, 11) is 0. The van der Waals surface area contributed by atoms with Gasteiger partial charge in [0.2, 0.25) is 0 Å². The molecule has 0 fully saturated rings. The summed E-state index contributed by atoms with van der Waals surface area (Å²) >= 11 is 0. The second kappa shape index (κ2) is 40.6. The zero-order valence-corrected chi connectivity index (χ0v) is 36.5. The zero-order chi connectivity index (χ0) is 39.1. The van der Waals surface area contributed by atoms with E-state index in [0.717, 1.165) is 0 Å². The maximum atomic E-state index is 10.1. The molecule has 6 heteroatoms. The molecule has 0 spiro atoms. The molecule has 304 valence electrons. The van der Waals surface area contributed by atoms with E-state index in [0.29, 0.717) is 25.7 Å². The number of nitrogens with zero attached hydrogens (tertiary/aromatic N) is 2. The third kappa shape index (κ3) is 32.7. The van der Waals surface area contributed by atoms with Crippen LogP contribution >= 0.6 is 0 Å². The van der Waals surface area contributed by atoms with Gasteiger partial charge in [-0.3, -0.25) is 0 Å². The van der Waals surface area contributed by atoms with Gasteiger partial charge in [0.05, 0.1) is 52.4 Å². The van der Waals surface area contributed by atoms with Crippen LogP contribution in [0.2, 0.25) is 0 Å². The van der Waals surface area contributed by atoms with E-state index in [1.54, 1.807) is 0 Å². The van der Waals surface area contributed by atoms with Gasteiger partial charge in [0.15, 0.2) is 0 Å². The SMILES string of the molecule is CCC(CC)C(=O)[O-].CCC(CC)C(=O)[O-].CCCC[N+](CCCC)(CCCC)CCCC.CCCC[N+](CCCC)(CCCC)CCCC. The van der Waals surface area contributed by atoms with Crippen LogP contribution in [0.25, 0.3) is 0 Å². The van der Waals surface area contributed by atoms with Crippen LogP contribution in [0.15, 0.2) is 0 Å². The van der Waals surface area contributed by atoms with E-state index in [2.05, 4.69) is 55.4 Å². The molecule has 0 aromatic heterocycles. The summed E-state index contributed by atoms with van der Waals surface area (Å²) in [4.78, 5) is 20.1. The fourth-order valence-electron chi connectivity index (χ4n) is 6.53. The maximum absolute atomic E-state index is 10.1. The molecule has 0 aliphatic rings. The highest BCUT2D eigenvalue weighted by atomic mass is 16.4. The van der Waals surface area contributed by atoms with Gasteiger partial charge in [-0.15, -0.1) is 0 Å². The first-order chi connectivity index (χ1) is 23.9. The molecule has 50 heavy (non-hydrogen) atoms. The van der Waals surface area contributed by atoms with Crippen LogP contribution < -0.4 is 10.2 Å². The van der Waals surface area contributed by atoms with Gasteiger partial charge in [0.1, 0.15) is 0 Å². The van der Waals surface area contributed by atoms with Gasteiger partial charge in [-0.05, 0) is 88.9 Å². The van der Waals surface area contributed by atoms with Crippen LogP contribution in [0, 0.1) is 11.8 Å². The Morgan fingerprint density at radius 3 is 0.540 bits per heavy atom. The molecule has 0 aliphatic heterocycles. The summed E-state index contributed by atoms with van der Waals surface area (Å²) in [5.41, 5.74) is 0. The fraction of sp³-hybridized carbons (Fsp3) is 0.955. The van der Waals surface area contributed by atoms with E-state index >= 15 is 0 Å². The van der Waals surface area contributed by atoms with Crippen LogP contribution in [0.5, 0.6) is 0 Å². The Morgan fingerprint density at radius 1 is 0.340 bits per heavy atom. The van der Waals surface area contributed by atoms with Gasteiger partial charge in [-0.1, -0.05) is 134 Å². The predicted molar refractivity (Wildman–Crippen MR) is 217 cm³/mol. The van der Waals surface area contributed by atoms with Crippen molar-refractivity contribution in [3.05, 3.63) is 0 Å². The largest absolute Gasteiger partial charge is 0.550 e. The molecule has 0 heterocycles. The molecule has 0 aromatic rings. The van der Waals surface area contributed by atoms with Crippen molar-refractivity contribution in [1.29, 1.82) is 0 Å². The second-order valence-corrected chi connectivity index (χ2v) is 15.0. The average molecular weight is 715 g/mol. The lowest BCUT2D eigenvalue weighted by molar-refractivity contribution is -0.929. The Kier molecular flexibility index (Phi) is 45.2. The van der Waals surface area contributed by atoms with Crippen LogP contribution in [-0.4, -0.2) is 73.3 Å². The molecular formula is C44H94N2O4. The molecule has 0 rings (SSSR count). The van der Waals surface area contributed by atoms with Crippen LogP contribution in [0.3, 0.4) is 0 Å². The van der Waals surface area contributed by atoms with E-state index in [1.807, 2.05) is 27.7 Å². The second-order valence-electron chi connectivity index (χ2n) is 15.0. The zero-order valence-electron chi connectivity index (χ0n) is 36.5. The number of carboxylic acids is 2. The molecular weight excluding hydrogens is 620 g/mol. The third-order valence-corrected chi connectivity index (χ3v) is 10.5. The highest BCUT2D eigenvalue weighted by Crippen LogP contribution is 2.18. The number of carbonyl (C=O) groups excluding carboxylic acids is 2. The quantitative estimate of drug-likeness (QED) is 0.0694. The molecule has 0 radical (unpaired) electrons. The molecule has 6 nitrogen and oxygen atoms in total. The smallest absolute Gasteiger partial charge is 0.0786 e. The Morgan fingerprint density at radius 2 is 0.480 bits per heavy atom. The van der Waals surface area contributed by atoms with E-state index in [1.165, 1.54) is 164 Å². The number of aliphatic carboxylic acids is 2. The van der Waals surface area contributed by atoms with Gasteiger partial charge < -0.3 is 28.8 Å². The number of rotatable bonds is 30. The van der Waals surface area contributed by atoms with Crippen LogP contribution in [-0.2, 0) is 9.59 Å². The molecule has 0 saturated heterocycles. The van der Waals surface area contributed by atoms with E-state index in [4.69, 9.17) is 0 Å². The van der Waals surface area contributed by atoms with Gasteiger partial charge in [-0.25, -0.2) is 0 Å². The molecule has 0 aliphatic carbocycles. The molecule has 0 atom stereocenters. The van der Waals surface area contributed by atoms with Crippen molar-refractivity contribution in [2.45, 2.75) is 212 Å². The topological polar surface area (TPSA) is 80.3 Å². The van der Waals surface area contributed by atoms with Crippen molar-refractivity contribution in [1.82, 2.24) is 0 Å². The maximum Gasteiger partial charge on any atom is 0.0786 e. The molecule has 0 saturated carbocycles. The van der Waals surface area contributed by atoms with Gasteiger partial charge >= 0.3 is 0 Å².